The molecule has 0 bridgehead atoms. The third-order valence-electron chi connectivity index (χ3n) is 2.34. The van der Waals surface area contributed by atoms with E-state index in [-0.39, 0.29) is 17.2 Å². The number of nitrogens with one attached hydrogen (secondary N) is 2. The number of benzene rings is 1. The standard InChI is InChI=1S/C13H15N3O3/c1-3-5-8-15-11-7-6-10(13(17)14-4-2)9-12(11)16(18)19/h6-7,9,15H,4,8H2,1-2H3,(H,14,17). The Morgan fingerprint density at radius 1 is 1.47 bits per heavy atom. The monoisotopic (exact) mass is 261 g/mol. The number of amides is 1. The van der Waals surface area contributed by atoms with Crippen LogP contribution in [-0.2, 0) is 0 Å². The van der Waals surface area contributed by atoms with Gasteiger partial charge in [0.2, 0.25) is 0 Å². The first kappa shape index (κ1) is 14.5. The van der Waals surface area contributed by atoms with Gasteiger partial charge >= 0.3 is 0 Å². The van der Waals surface area contributed by atoms with E-state index in [2.05, 4.69) is 22.5 Å². The predicted octanol–water partition coefficient (Wildman–Crippen LogP) is 1.78. The number of nitro benzene ring substituents is 1. The Morgan fingerprint density at radius 2 is 2.21 bits per heavy atom. The molecule has 100 valence electrons. The van der Waals surface area contributed by atoms with Gasteiger partial charge < -0.3 is 10.6 Å². The molecular weight excluding hydrogens is 246 g/mol. The minimum Gasteiger partial charge on any atom is -0.369 e. The lowest BCUT2D eigenvalue weighted by Gasteiger charge is -2.06. The minimum atomic E-state index is -0.523. The first-order valence-electron chi connectivity index (χ1n) is 5.80. The highest BCUT2D eigenvalue weighted by molar-refractivity contribution is 5.95. The summed E-state index contributed by atoms with van der Waals surface area (Å²) < 4.78 is 0. The Balaban J connectivity index is 3.03. The fourth-order valence-electron chi connectivity index (χ4n) is 1.46. The van der Waals surface area contributed by atoms with Gasteiger partial charge in [-0.3, -0.25) is 14.9 Å². The SMILES string of the molecule is CC#CCNc1ccc(C(=O)NCC)cc1[N+](=O)[O-]. The highest BCUT2D eigenvalue weighted by Gasteiger charge is 2.16. The summed E-state index contributed by atoms with van der Waals surface area (Å²) in [7, 11) is 0. The maximum absolute atomic E-state index is 11.6. The Labute approximate surface area is 111 Å². The molecule has 0 aliphatic rings. The van der Waals surface area contributed by atoms with E-state index in [4.69, 9.17) is 0 Å². The highest BCUT2D eigenvalue weighted by atomic mass is 16.6. The zero-order chi connectivity index (χ0) is 14.3. The van der Waals surface area contributed by atoms with Crippen LogP contribution >= 0.6 is 0 Å². The molecule has 0 fully saturated rings. The van der Waals surface area contributed by atoms with E-state index in [0.717, 1.165) is 0 Å². The summed E-state index contributed by atoms with van der Waals surface area (Å²) in [4.78, 5) is 22.1. The first-order chi connectivity index (χ1) is 9.10. The van der Waals surface area contributed by atoms with Crippen LogP contribution in [0.5, 0.6) is 0 Å². The fraction of sp³-hybridized carbons (Fsp3) is 0.308. The van der Waals surface area contributed by atoms with Crippen LogP contribution in [0, 0.1) is 22.0 Å². The largest absolute Gasteiger partial charge is 0.369 e. The third kappa shape index (κ3) is 4.00. The van der Waals surface area contributed by atoms with Gasteiger partial charge in [0.25, 0.3) is 11.6 Å². The van der Waals surface area contributed by atoms with Crippen LogP contribution in [-0.4, -0.2) is 23.9 Å². The molecule has 2 N–H and O–H groups in total. The zero-order valence-corrected chi connectivity index (χ0v) is 10.8. The number of nitro groups is 1. The highest BCUT2D eigenvalue weighted by Crippen LogP contribution is 2.25. The van der Waals surface area contributed by atoms with Crippen molar-refractivity contribution in [3.63, 3.8) is 0 Å². The lowest BCUT2D eigenvalue weighted by molar-refractivity contribution is -0.384. The van der Waals surface area contributed by atoms with Crippen LogP contribution in [0.4, 0.5) is 11.4 Å². The van der Waals surface area contributed by atoms with E-state index < -0.39 is 4.92 Å². The molecule has 1 aromatic rings. The molecule has 0 unspecified atom stereocenters. The van der Waals surface area contributed by atoms with Gasteiger partial charge in [0.15, 0.2) is 0 Å². The third-order valence-corrected chi connectivity index (χ3v) is 2.34. The maximum atomic E-state index is 11.6. The van der Waals surface area contributed by atoms with Crippen LogP contribution < -0.4 is 10.6 Å². The summed E-state index contributed by atoms with van der Waals surface area (Å²) in [6.45, 7) is 4.26. The number of hydrogen-bond donors (Lipinski definition) is 2. The van der Waals surface area contributed by atoms with Crippen molar-refractivity contribution in [1.29, 1.82) is 0 Å². The predicted molar refractivity (Wildman–Crippen MR) is 73.0 cm³/mol. The van der Waals surface area contributed by atoms with Crippen molar-refractivity contribution in [1.82, 2.24) is 5.32 Å². The summed E-state index contributed by atoms with van der Waals surface area (Å²) in [5, 5.41) is 16.4. The van der Waals surface area contributed by atoms with Crippen LogP contribution in [0.1, 0.15) is 24.2 Å². The molecule has 1 amide bonds. The van der Waals surface area contributed by atoms with Gasteiger partial charge in [-0.1, -0.05) is 5.92 Å². The molecular formula is C13H15N3O3. The van der Waals surface area contributed by atoms with E-state index in [1.807, 2.05) is 0 Å². The van der Waals surface area contributed by atoms with E-state index in [1.165, 1.54) is 12.1 Å². The molecule has 0 aromatic heterocycles. The van der Waals surface area contributed by atoms with Gasteiger partial charge in [-0.15, -0.1) is 5.92 Å². The van der Waals surface area contributed by atoms with Crippen molar-refractivity contribution >= 4 is 17.3 Å². The van der Waals surface area contributed by atoms with Crippen LogP contribution in [0.15, 0.2) is 18.2 Å². The molecule has 6 nitrogen and oxygen atoms in total. The smallest absolute Gasteiger partial charge is 0.293 e. The lowest BCUT2D eigenvalue weighted by Crippen LogP contribution is -2.22. The second-order valence-corrected chi connectivity index (χ2v) is 3.63. The number of anilines is 1. The van der Waals surface area contributed by atoms with Crippen LogP contribution in [0.25, 0.3) is 0 Å². The Hall–Kier alpha value is -2.55. The Morgan fingerprint density at radius 3 is 2.79 bits per heavy atom. The van der Waals surface area contributed by atoms with E-state index in [0.29, 0.717) is 18.8 Å². The second-order valence-electron chi connectivity index (χ2n) is 3.63. The lowest BCUT2D eigenvalue weighted by atomic mass is 10.1. The molecule has 0 spiro atoms. The number of carbonyl (C=O) groups excluding carboxylic acids is 1. The van der Waals surface area contributed by atoms with Gasteiger partial charge in [0.05, 0.1) is 11.5 Å². The average molecular weight is 261 g/mol. The summed E-state index contributed by atoms with van der Waals surface area (Å²) in [6.07, 6.45) is 0. The van der Waals surface area contributed by atoms with Gasteiger partial charge in [-0.2, -0.15) is 0 Å². The fourth-order valence-corrected chi connectivity index (χ4v) is 1.46. The summed E-state index contributed by atoms with van der Waals surface area (Å²) in [5.41, 5.74) is 0.475. The van der Waals surface area contributed by atoms with Crippen molar-refractivity contribution in [3.8, 4) is 11.8 Å². The molecule has 1 aromatic carbocycles. The minimum absolute atomic E-state index is 0.137. The molecule has 0 aliphatic carbocycles. The molecule has 6 heteroatoms. The van der Waals surface area contributed by atoms with Gasteiger partial charge in [0.1, 0.15) is 5.69 Å². The Bertz CT molecular complexity index is 544. The van der Waals surface area contributed by atoms with Gasteiger partial charge in [-0.25, -0.2) is 0 Å². The van der Waals surface area contributed by atoms with E-state index >= 15 is 0 Å². The van der Waals surface area contributed by atoms with Crippen molar-refractivity contribution in [2.75, 3.05) is 18.4 Å². The molecule has 1 rings (SSSR count). The number of carbonyl (C=O) groups is 1. The van der Waals surface area contributed by atoms with E-state index in [9.17, 15) is 14.9 Å². The van der Waals surface area contributed by atoms with Crippen molar-refractivity contribution < 1.29 is 9.72 Å². The Kier molecular flexibility index (Phi) is 5.35. The molecule has 0 saturated heterocycles. The summed E-state index contributed by atoms with van der Waals surface area (Å²) in [5.74, 6) is 5.12. The van der Waals surface area contributed by atoms with Crippen LogP contribution in [0.2, 0.25) is 0 Å². The maximum Gasteiger partial charge on any atom is 0.293 e. The zero-order valence-electron chi connectivity index (χ0n) is 10.8. The van der Waals surface area contributed by atoms with Crippen molar-refractivity contribution in [2.24, 2.45) is 0 Å². The van der Waals surface area contributed by atoms with Crippen molar-refractivity contribution in [2.45, 2.75) is 13.8 Å². The number of nitrogens with zero attached hydrogens (tertiary/aromatic N) is 1. The average Bonchev–Trinajstić information content (AvgIpc) is 2.39. The van der Waals surface area contributed by atoms with Crippen molar-refractivity contribution in [3.05, 3.63) is 33.9 Å². The molecule has 0 radical (unpaired) electrons. The quantitative estimate of drug-likeness (QED) is 0.480. The van der Waals surface area contributed by atoms with Gasteiger partial charge in [0, 0.05) is 18.2 Å². The molecule has 0 aliphatic heterocycles. The molecule has 19 heavy (non-hydrogen) atoms. The summed E-state index contributed by atoms with van der Waals surface area (Å²) >= 11 is 0. The van der Waals surface area contributed by atoms with Crippen LogP contribution in [0.3, 0.4) is 0 Å². The number of rotatable bonds is 5. The topological polar surface area (TPSA) is 84.3 Å². The molecule has 0 atom stereocenters. The molecule has 0 saturated carbocycles. The molecule has 0 heterocycles. The second kappa shape index (κ2) is 7.01. The first-order valence-corrected chi connectivity index (χ1v) is 5.80. The number of hydrogen-bond acceptors (Lipinski definition) is 4. The van der Waals surface area contributed by atoms with E-state index in [1.54, 1.807) is 19.9 Å². The van der Waals surface area contributed by atoms with Gasteiger partial charge in [-0.05, 0) is 26.0 Å². The normalized spacial score (nSPS) is 9.16. The summed E-state index contributed by atoms with van der Waals surface area (Å²) in [6, 6.07) is 4.31.